The fraction of sp³-hybridized carbons (Fsp3) is 0.174. The van der Waals surface area contributed by atoms with Gasteiger partial charge in [-0.3, -0.25) is 9.52 Å². The SMILES string of the molecule is Cc1ccc(C(=O)N[C@@H](C)c2ccc(S(C)(=O)=O)cc2)cc1S(=O)(=O)Nc1ccccc1. The second kappa shape index (κ2) is 9.13. The zero-order valence-electron chi connectivity index (χ0n) is 17.9. The number of amides is 1. The number of anilines is 1. The summed E-state index contributed by atoms with van der Waals surface area (Å²) in [6, 6.07) is 18.8. The molecule has 0 spiro atoms. The smallest absolute Gasteiger partial charge is 0.262 e. The van der Waals surface area contributed by atoms with Gasteiger partial charge in [0.1, 0.15) is 0 Å². The van der Waals surface area contributed by atoms with Gasteiger partial charge >= 0.3 is 0 Å². The predicted molar refractivity (Wildman–Crippen MR) is 124 cm³/mol. The molecular weight excluding hydrogens is 448 g/mol. The highest BCUT2D eigenvalue weighted by Gasteiger charge is 2.20. The van der Waals surface area contributed by atoms with Gasteiger partial charge in [-0.1, -0.05) is 36.4 Å². The fourth-order valence-corrected chi connectivity index (χ4v) is 5.08. The summed E-state index contributed by atoms with van der Waals surface area (Å²) in [4.78, 5) is 13.0. The van der Waals surface area contributed by atoms with E-state index in [0.29, 0.717) is 11.3 Å². The lowest BCUT2D eigenvalue weighted by atomic mass is 10.1. The Morgan fingerprint density at radius 1 is 0.875 bits per heavy atom. The molecule has 0 aliphatic heterocycles. The fourth-order valence-electron chi connectivity index (χ4n) is 3.11. The van der Waals surface area contributed by atoms with Crippen molar-refractivity contribution in [3.63, 3.8) is 0 Å². The number of para-hydroxylation sites is 1. The van der Waals surface area contributed by atoms with Crippen LogP contribution in [-0.4, -0.2) is 29.0 Å². The second-order valence-corrected chi connectivity index (χ2v) is 11.2. The number of sulfone groups is 1. The van der Waals surface area contributed by atoms with E-state index in [-0.39, 0.29) is 15.4 Å². The molecule has 0 fully saturated rings. The van der Waals surface area contributed by atoms with Gasteiger partial charge in [0.15, 0.2) is 9.84 Å². The largest absolute Gasteiger partial charge is 0.346 e. The summed E-state index contributed by atoms with van der Waals surface area (Å²) in [6.07, 6.45) is 1.13. The van der Waals surface area contributed by atoms with E-state index < -0.39 is 31.8 Å². The van der Waals surface area contributed by atoms with Gasteiger partial charge in [-0.2, -0.15) is 0 Å². The molecule has 0 radical (unpaired) electrons. The average Bonchev–Trinajstić information content (AvgIpc) is 2.73. The van der Waals surface area contributed by atoms with Gasteiger partial charge < -0.3 is 5.32 Å². The average molecular weight is 473 g/mol. The van der Waals surface area contributed by atoms with Gasteiger partial charge in [-0.25, -0.2) is 16.8 Å². The van der Waals surface area contributed by atoms with Crippen molar-refractivity contribution in [2.75, 3.05) is 11.0 Å². The number of sulfonamides is 1. The molecule has 7 nitrogen and oxygen atoms in total. The number of hydrogen-bond acceptors (Lipinski definition) is 5. The summed E-state index contributed by atoms with van der Waals surface area (Å²) in [5.74, 6) is -0.444. The Labute approximate surface area is 188 Å². The van der Waals surface area contributed by atoms with E-state index in [9.17, 15) is 21.6 Å². The quantitative estimate of drug-likeness (QED) is 0.545. The summed E-state index contributed by atoms with van der Waals surface area (Å²) in [6.45, 7) is 3.42. The maximum atomic E-state index is 12.9. The molecule has 0 heterocycles. The molecule has 9 heteroatoms. The Morgan fingerprint density at radius 3 is 2.09 bits per heavy atom. The Kier molecular flexibility index (Phi) is 6.71. The summed E-state index contributed by atoms with van der Waals surface area (Å²) in [5.41, 5.74) is 1.85. The minimum atomic E-state index is -3.89. The van der Waals surface area contributed by atoms with Crippen molar-refractivity contribution in [1.29, 1.82) is 0 Å². The summed E-state index contributed by atoms with van der Waals surface area (Å²) in [5, 5.41) is 2.81. The van der Waals surface area contributed by atoms with Crippen LogP contribution < -0.4 is 10.0 Å². The van der Waals surface area contributed by atoms with Crippen LogP contribution in [0.4, 0.5) is 5.69 Å². The molecule has 0 aliphatic rings. The first-order valence-electron chi connectivity index (χ1n) is 9.77. The lowest BCUT2D eigenvalue weighted by molar-refractivity contribution is 0.0939. The van der Waals surface area contributed by atoms with E-state index >= 15 is 0 Å². The molecule has 32 heavy (non-hydrogen) atoms. The molecule has 168 valence electrons. The number of hydrogen-bond donors (Lipinski definition) is 2. The van der Waals surface area contributed by atoms with Crippen molar-refractivity contribution in [2.24, 2.45) is 0 Å². The van der Waals surface area contributed by atoms with Gasteiger partial charge in [-0.15, -0.1) is 0 Å². The Morgan fingerprint density at radius 2 is 1.50 bits per heavy atom. The van der Waals surface area contributed by atoms with Crippen LogP contribution in [0.5, 0.6) is 0 Å². The molecule has 0 saturated heterocycles. The third kappa shape index (κ3) is 5.54. The van der Waals surface area contributed by atoms with E-state index in [1.165, 1.54) is 18.2 Å². The molecule has 3 aromatic rings. The van der Waals surface area contributed by atoms with E-state index in [0.717, 1.165) is 11.8 Å². The molecule has 0 bridgehead atoms. The molecule has 3 aromatic carbocycles. The Balaban J connectivity index is 1.80. The van der Waals surface area contributed by atoms with Crippen LogP contribution in [0.3, 0.4) is 0 Å². The van der Waals surface area contributed by atoms with E-state index in [2.05, 4.69) is 10.0 Å². The van der Waals surface area contributed by atoms with E-state index in [1.807, 2.05) is 0 Å². The first kappa shape index (κ1) is 23.5. The van der Waals surface area contributed by atoms with Crippen LogP contribution >= 0.6 is 0 Å². The Hall–Kier alpha value is -3.17. The molecule has 0 aliphatic carbocycles. The van der Waals surface area contributed by atoms with Crippen LogP contribution in [-0.2, 0) is 19.9 Å². The zero-order valence-corrected chi connectivity index (χ0v) is 19.5. The van der Waals surface area contributed by atoms with Crippen molar-refractivity contribution in [3.8, 4) is 0 Å². The first-order chi connectivity index (χ1) is 15.0. The van der Waals surface area contributed by atoms with Gasteiger partial charge in [0.05, 0.1) is 15.8 Å². The second-order valence-electron chi connectivity index (χ2n) is 7.49. The highest BCUT2D eigenvalue weighted by atomic mass is 32.2. The summed E-state index contributed by atoms with van der Waals surface area (Å²) < 4.78 is 51.5. The monoisotopic (exact) mass is 472 g/mol. The third-order valence-electron chi connectivity index (χ3n) is 4.92. The minimum absolute atomic E-state index is 0.0131. The first-order valence-corrected chi connectivity index (χ1v) is 13.1. The van der Waals surface area contributed by atoms with E-state index in [4.69, 9.17) is 0 Å². The van der Waals surface area contributed by atoms with Crippen molar-refractivity contribution in [2.45, 2.75) is 29.7 Å². The lowest BCUT2D eigenvalue weighted by Gasteiger charge is -2.16. The lowest BCUT2D eigenvalue weighted by Crippen LogP contribution is -2.27. The maximum Gasteiger partial charge on any atom is 0.262 e. The van der Waals surface area contributed by atoms with Gasteiger partial charge in [0.2, 0.25) is 0 Å². The molecule has 2 N–H and O–H groups in total. The minimum Gasteiger partial charge on any atom is -0.346 e. The summed E-state index contributed by atoms with van der Waals surface area (Å²) in [7, 11) is -7.19. The number of benzene rings is 3. The zero-order chi connectivity index (χ0) is 23.5. The van der Waals surface area contributed by atoms with Crippen molar-refractivity contribution in [1.82, 2.24) is 5.32 Å². The van der Waals surface area contributed by atoms with Crippen LogP contribution in [0.1, 0.15) is 34.5 Å². The molecule has 1 amide bonds. The van der Waals surface area contributed by atoms with Gasteiger partial charge in [0, 0.05) is 17.5 Å². The van der Waals surface area contributed by atoms with Gasteiger partial charge in [0.25, 0.3) is 15.9 Å². The van der Waals surface area contributed by atoms with Crippen LogP contribution in [0, 0.1) is 6.92 Å². The number of carbonyl (C=O) groups is 1. The molecular formula is C23H24N2O5S2. The standard InChI is InChI=1S/C23H24N2O5S2/c1-16-9-10-19(15-22(16)32(29,30)25-20-7-5-4-6-8-20)23(26)24-17(2)18-11-13-21(14-12-18)31(3,27)28/h4-15,17,25H,1-3H3,(H,24,26)/t17-/m0/s1. The molecule has 0 unspecified atom stereocenters. The highest BCUT2D eigenvalue weighted by molar-refractivity contribution is 7.92. The van der Waals surface area contributed by atoms with Crippen LogP contribution in [0.2, 0.25) is 0 Å². The van der Waals surface area contributed by atoms with Crippen LogP contribution in [0.25, 0.3) is 0 Å². The molecule has 0 saturated carbocycles. The number of aryl methyl sites for hydroxylation is 1. The van der Waals surface area contributed by atoms with Crippen LogP contribution in [0.15, 0.2) is 82.6 Å². The summed E-state index contributed by atoms with van der Waals surface area (Å²) >= 11 is 0. The van der Waals surface area contributed by atoms with Gasteiger partial charge in [-0.05, 0) is 61.4 Å². The topological polar surface area (TPSA) is 109 Å². The molecule has 0 aromatic heterocycles. The maximum absolute atomic E-state index is 12.9. The van der Waals surface area contributed by atoms with Crippen molar-refractivity contribution < 1.29 is 21.6 Å². The Bertz CT molecular complexity index is 1330. The molecule has 3 rings (SSSR count). The predicted octanol–water partition coefficient (Wildman–Crippen LogP) is 3.69. The third-order valence-corrected chi connectivity index (χ3v) is 7.57. The molecule has 1 atom stereocenters. The number of nitrogens with one attached hydrogen (secondary N) is 2. The number of rotatable bonds is 7. The van der Waals surface area contributed by atoms with Crippen molar-refractivity contribution in [3.05, 3.63) is 89.5 Å². The normalized spacial score (nSPS) is 12.7. The number of carbonyl (C=O) groups excluding carboxylic acids is 1. The highest BCUT2D eigenvalue weighted by Crippen LogP contribution is 2.22. The van der Waals surface area contributed by atoms with E-state index in [1.54, 1.807) is 68.4 Å². The van der Waals surface area contributed by atoms with Crippen molar-refractivity contribution >= 4 is 31.5 Å².